The third-order valence-corrected chi connectivity index (χ3v) is 3.48. The molecule has 0 heterocycles. The van der Waals surface area contributed by atoms with Crippen molar-refractivity contribution in [2.24, 2.45) is 0 Å². The van der Waals surface area contributed by atoms with E-state index in [0.29, 0.717) is 6.54 Å². The van der Waals surface area contributed by atoms with E-state index in [2.05, 4.69) is 10.6 Å². The second-order valence-electron chi connectivity index (χ2n) is 5.55. The first-order valence-electron chi connectivity index (χ1n) is 7.91. The Bertz CT molecular complexity index is 627. The molecule has 2 rings (SSSR count). The average molecular weight is 312 g/mol. The summed E-state index contributed by atoms with van der Waals surface area (Å²) in [6.45, 7) is 5.49. The number of hydrogen-bond donors (Lipinski definition) is 2. The molecule has 0 atom stereocenters. The lowest BCUT2D eigenvalue weighted by molar-refractivity contribution is -0.123. The summed E-state index contributed by atoms with van der Waals surface area (Å²) >= 11 is 0. The highest BCUT2D eigenvalue weighted by molar-refractivity contribution is 5.77. The smallest absolute Gasteiger partial charge is 0.257 e. The van der Waals surface area contributed by atoms with E-state index in [9.17, 15) is 4.79 Å². The lowest BCUT2D eigenvalue weighted by Crippen LogP contribution is -2.30. The summed E-state index contributed by atoms with van der Waals surface area (Å²) in [5.41, 5.74) is 3.26. The van der Waals surface area contributed by atoms with Crippen LogP contribution in [0.25, 0.3) is 0 Å². The van der Waals surface area contributed by atoms with E-state index in [0.717, 1.165) is 35.5 Å². The summed E-state index contributed by atoms with van der Waals surface area (Å²) in [6, 6.07) is 16.0. The Balaban J connectivity index is 1.61. The molecule has 23 heavy (non-hydrogen) atoms. The number of benzene rings is 2. The molecule has 1 amide bonds. The van der Waals surface area contributed by atoms with E-state index in [-0.39, 0.29) is 12.5 Å². The monoisotopic (exact) mass is 312 g/mol. The van der Waals surface area contributed by atoms with Crippen molar-refractivity contribution in [3.63, 3.8) is 0 Å². The quantitative estimate of drug-likeness (QED) is 0.735. The van der Waals surface area contributed by atoms with Gasteiger partial charge in [0.25, 0.3) is 5.91 Å². The molecule has 0 fully saturated rings. The van der Waals surface area contributed by atoms with Crippen molar-refractivity contribution in [3.8, 4) is 5.75 Å². The first kappa shape index (κ1) is 16.9. The van der Waals surface area contributed by atoms with Crippen molar-refractivity contribution < 1.29 is 9.53 Å². The van der Waals surface area contributed by atoms with Crippen LogP contribution in [0.1, 0.15) is 17.5 Å². The molecule has 0 saturated carbocycles. The first-order chi connectivity index (χ1) is 11.1. The van der Waals surface area contributed by atoms with Crippen LogP contribution >= 0.6 is 0 Å². The van der Waals surface area contributed by atoms with Gasteiger partial charge >= 0.3 is 0 Å². The highest BCUT2D eigenvalue weighted by Gasteiger charge is 2.04. The van der Waals surface area contributed by atoms with Gasteiger partial charge in [-0.1, -0.05) is 30.3 Å². The molecular weight excluding hydrogens is 288 g/mol. The number of aryl methyl sites for hydroxylation is 2. The van der Waals surface area contributed by atoms with Gasteiger partial charge < -0.3 is 15.4 Å². The van der Waals surface area contributed by atoms with Gasteiger partial charge in [-0.25, -0.2) is 0 Å². The third kappa shape index (κ3) is 6.02. The molecular formula is C19H24N2O2. The maximum Gasteiger partial charge on any atom is 0.257 e. The van der Waals surface area contributed by atoms with Crippen LogP contribution in [-0.2, 0) is 4.79 Å². The second kappa shape index (κ2) is 8.83. The molecule has 0 radical (unpaired) electrons. The van der Waals surface area contributed by atoms with E-state index in [1.54, 1.807) is 0 Å². The third-order valence-electron chi connectivity index (χ3n) is 3.48. The van der Waals surface area contributed by atoms with Crippen LogP contribution in [-0.4, -0.2) is 25.6 Å². The molecule has 0 aliphatic carbocycles. The fraction of sp³-hybridized carbons (Fsp3) is 0.316. The van der Waals surface area contributed by atoms with Crippen molar-refractivity contribution in [2.75, 3.05) is 25.0 Å². The number of carbonyl (C=O) groups excluding carboxylic acids is 1. The lowest BCUT2D eigenvalue weighted by Gasteiger charge is -2.10. The lowest BCUT2D eigenvalue weighted by atomic mass is 10.1. The predicted molar refractivity (Wildman–Crippen MR) is 94.0 cm³/mol. The Hall–Kier alpha value is -2.49. The van der Waals surface area contributed by atoms with Crippen molar-refractivity contribution in [3.05, 3.63) is 59.7 Å². The zero-order valence-electron chi connectivity index (χ0n) is 13.8. The van der Waals surface area contributed by atoms with Gasteiger partial charge in [0.15, 0.2) is 6.61 Å². The van der Waals surface area contributed by atoms with Crippen molar-refractivity contribution in [1.29, 1.82) is 0 Å². The second-order valence-corrected chi connectivity index (χ2v) is 5.55. The maximum absolute atomic E-state index is 11.8. The molecule has 0 aliphatic rings. The number of carbonyl (C=O) groups is 1. The van der Waals surface area contributed by atoms with Crippen LogP contribution in [0.15, 0.2) is 48.5 Å². The zero-order valence-corrected chi connectivity index (χ0v) is 13.8. The van der Waals surface area contributed by atoms with Crippen LogP contribution in [0.2, 0.25) is 0 Å². The Kier molecular flexibility index (Phi) is 6.48. The summed E-state index contributed by atoms with van der Waals surface area (Å²) in [4.78, 5) is 11.8. The Morgan fingerprint density at radius 3 is 2.61 bits per heavy atom. The average Bonchev–Trinajstić information content (AvgIpc) is 2.56. The van der Waals surface area contributed by atoms with E-state index in [4.69, 9.17) is 4.74 Å². The summed E-state index contributed by atoms with van der Waals surface area (Å²) in [5, 5.41) is 6.18. The van der Waals surface area contributed by atoms with Crippen LogP contribution in [0.5, 0.6) is 5.75 Å². The summed E-state index contributed by atoms with van der Waals surface area (Å²) < 4.78 is 5.58. The molecule has 0 aromatic heterocycles. The minimum atomic E-state index is -0.0920. The Morgan fingerprint density at radius 1 is 1.04 bits per heavy atom. The largest absolute Gasteiger partial charge is 0.483 e. The molecule has 4 heteroatoms. The molecule has 2 aromatic rings. The molecule has 0 aliphatic heterocycles. The number of ether oxygens (including phenoxy) is 1. The van der Waals surface area contributed by atoms with Gasteiger partial charge in [0.2, 0.25) is 0 Å². The van der Waals surface area contributed by atoms with Crippen LogP contribution in [0.3, 0.4) is 0 Å². The number of hydrogen-bond acceptors (Lipinski definition) is 3. The van der Waals surface area contributed by atoms with Gasteiger partial charge in [0.1, 0.15) is 5.75 Å². The van der Waals surface area contributed by atoms with Crippen molar-refractivity contribution >= 4 is 11.6 Å². The molecule has 0 bridgehead atoms. The SMILES string of the molecule is Cc1ccc(C)c(OCC(=O)NCCCNc2ccccc2)c1. The number of nitrogens with one attached hydrogen (secondary N) is 2. The van der Waals surface area contributed by atoms with Gasteiger partial charge in [-0.05, 0) is 49.6 Å². The molecule has 2 N–H and O–H groups in total. The predicted octanol–water partition coefficient (Wildman–Crippen LogP) is 3.30. The van der Waals surface area contributed by atoms with Crippen LogP contribution < -0.4 is 15.4 Å². The Labute approximate surface area is 137 Å². The summed E-state index contributed by atoms with van der Waals surface area (Å²) in [6.07, 6.45) is 0.865. The maximum atomic E-state index is 11.8. The van der Waals surface area contributed by atoms with Crippen LogP contribution in [0, 0.1) is 13.8 Å². The van der Waals surface area contributed by atoms with Crippen molar-refractivity contribution in [1.82, 2.24) is 5.32 Å². The molecule has 2 aromatic carbocycles. The Morgan fingerprint density at radius 2 is 1.83 bits per heavy atom. The van der Waals surface area contributed by atoms with Gasteiger partial charge in [-0.15, -0.1) is 0 Å². The number of para-hydroxylation sites is 1. The topological polar surface area (TPSA) is 50.4 Å². The highest BCUT2D eigenvalue weighted by atomic mass is 16.5. The molecule has 0 unspecified atom stereocenters. The fourth-order valence-electron chi connectivity index (χ4n) is 2.16. The number of anilines is 1. The summed E-state index contributed by atoms with van der Waals surface area (Å²) in [7, 11) is 0. The van der Waals surface area contributed by atoms with E-state index in [1.165, 1.54) is 0 Å². The highest BCUT2D eigenvalue weighted by Crippen LogP contribution is 2.18. The van der Waals surface area contributed by atoms with Gasteiger partial charge in [-0.2, -0.15) is 0 Å². The van der Waals surface area contributed by atoms with Crippen LogP contribution in [0.4, 0.5) is 5.69 Å². The van der Waals surface area contributed by atoms with E-state index < -0.39 is 0 Å². The van der Waals surface area contributed by atoms with Crippen molar-refractivity contribution in [2.45, 2.75) is 20.3 Å². The molecule has 0 spiro atoms. The van der Waals surface area contributed by atoms with Gasteiger partial charge in [0.05, 0.1) is 0 Å². The molecule has 0 saturated heterocycles. The first-order valence-corrected chi connectivity index (χ1v) is 7.91. The van der Waals surface area contributed by atoms with E-state index in [1.807, 2.05) is 62.4 Å². The number of rotatable bonds is 8. The van der Waals surface area contributed by atoms with Gasteiger partial charge in [-0.3, -0.25) is 4.79 Å². The molecule has 4 nitrogen and oxygen atoms in total. The fourth-order valence-corrected chi connectivity index (χ4v) is 2.16. The minimum absolute atomic E-state index is 0.0520. The zero-order chi connectivity index (χ0) is 16.5. The normalized spacial score (nSPS) is 10.2. The van der Waals surface area contributed by atoms with E-state index >= 15 is 0 Å². The standard InChI is InChI=1S/C19H24N2O2/c1-15-9-10-16(2)18(13-15)23-14-19(22)21-12-6-11-20-17-7-4-3-5-8-17/h3-5,7-10,13,20H,6,11-12,14H2,1-2H3,(H,21,22). The molecule has 122 valence electrons. The number of amides is 1. The van der Waals surface area contributed by atoms with Gasteiger partial charge in [0, 0.05) is 18.8 Å². The minimum Gasteiger partial charge on any atom is -0.483 e. The summed E-state index contributed by atoms with van der Waals surface area (Å²) in [5.74, 6) is 0.677.